The Bertz CT molecular complexity index is 291. The quantitative estimate of drug-likeness (QED) is 0.798. The van der Waals surface area contributed by atoms with Crippen LogP contribution in [0.2, 0.25) is 0 Å². The molecule has 3 fully saturated rings. The molecule has 2 bridgehead atoms. The second-order valence-electron chi connectivity index (χ2n) is 7.11. The van der Waals surface area contributed by atoms with Crippen molar-refractivity contribution < 1.29 is 0 Å². The molecule has 2 saturated carbocycles. The Labute approximate surface area is 106 Å². The third-order valence-corrected chi connectivity index (χ3v) is 6.14. The van der Waals surface area contributed by atoms with Gasteiger partial charge in [0.25, 0.3) is 0 Å². The fourth-order valence-corrected chi connectivity index (χ4v) is 4.75. The number of nitrogens with two attached hydrogens (primary N) is 1. The van der Waals surface area contributed by atoms with Crippen molar-refractivity contribution in [2.75, 3.05) is 13.1 Å². The molecule has 2 aliphatic carbocycles. The van der Waals surface area contributed by atoms with Gasteiger partial charge in [-0.15, -0.1) is 0 Å². The van der Waals surface area contributed by atoms with Crippen LogP contribution in [0, 0.1) is 17.8 Å². The lowest BCUT2D eigenvalue weighted by Crippen LogP contribution is -2.59. The smallest absolute Gasteiger partial charge is 0.0337 e. The second-order valence-corrected chi connectivity index (χ2v) is 7.11. The highest BCUT2D eigenvalue weighted by Gasteiger charge is 2.49. The van der Waals surface area contributed by atoms with Gasteiger partial charge < -0.3 is 5.73 Å². The fourth-order valence-electron chi connectivity index (χ4n) is 4.75. The average Bonchev–Trinajstić information content (AvgIpc) is 2.95. The van der Waals surface area contributed by atoms with Gasteiger partial charge in [0.2, 0.25) is 0 Å². The summed E-state index contributed by atoms with van der Waals surface area (Å²) in [4.78, 5) is 2.84. The highest BCUT2D eigenvalue weighted by atomic mass is 15.3. The van der Waals surface area contributed by atoms with E-state index in [9.17, 15) is 0 Å². The Morgan fingerprint density at radius 1 is 1.18 bits per heavy atom. The average molecular weight is 236 g/mol. The third-order valence-electron chi connectivity index (χ3n) is 6.14. The first kappa shape index (κ1) is 12.0. The summed E-state index contributed by atoms with van der Waals surface area (Å²) in [6, 6.07) is 0.879. The summed E-state index contributed by atoms with van der Waals surface area (Å²) in [5, 5.41) is 0. The van der Waals surface area contributed by atoms with Crippen molar-refractivity contribution >= 4 is 0 Å². The summed E-state index contributed by atoms with van der Waals surface area (Å²) in [5.41, 5.74) is 6.58. The van der Waals surface area contributed by atoms with Crippen LogP contribution in [0.3, 0.4) is 0 Å². The van der Waals surface area contributed by atoms with E-state index in [1.807, 2.05) is 0 Å². The van der Waals surface area contributed by atoms with Gasteiger partial charge in [0, 0.05) is 24.7 Å². The number of fused-ring (bicyclic) bond motifs is 2. The van der Waals surface area contributed by atoms with E-state index in [0.717, 1.165) is 30.3 Å². The van der Waals surface area contributed by atoms with Crippen LogP contribution in [0.1, 0.15) is 52.4 Å². The topological polar surface area (TPSA) is 29.3 Å². The molecule has 2 heteroatoms. The molecule has 2 N–H and O–H groups in total. The second kappa shape index (κ2) is 4.24. The largest absolute Gasteiger partial charge is 0.329 e. The van der Waals surface area contributed by atoms with E-state index in [1.54, 1.807) is 0 Å². The van der Waals surface area contributed by atoms with Crippen LogP contribution in [0.25, 0.3) is 0 Å². The van der Waals surface area contributed by atoms with E-state index < -0.39 is 0 Å². The van der Waals surface area contributed by atoms with E-state index in [-0.39, 0.29) is 0 Å². The van der Waals surface area contributed by atoms with Gasteiger partial charge in [-0.3, -0.25) is 4.90 Å². The molecule has 0 spiro atoms. The summed E-state index contributed by atoms with van der Waals surface area (Å²) in [6.07, 6.45) is 8.45. The van der Waals surface area contributed by atoms with Crippen LogP contribution in [-0.4, -0.2) is 29.6 Å². The molecule has 1 aliphatic heterocycles. The van der Waals surface area contributed by atoms with Crippen molar-refractivity contribution in [2.24, 2.45) is 23.5 Å². The monoisotopic (exact) mass is 236 g/mol. The first-order chi connectivity index (χ1) is 8.14. The minimum Gasteiger partial charge on any atom is -0.329 e. The number of hydrogen-bond donors (Lipinski definition) is 1. The summed E-state index contributed by atoms with van der Waals surface area (Å²) >= 11 is 0. The summed E-state index contributed by atoms with van der Waals surface area (Å²) < 4.78 is 0. The summed E-state index contributed by atoms with van der Waals surface area (Å²) in [5.74, 6) is 2.75. The van der Waals surface area contributed by atoms with Gasteiger partial charge in [-0.25, -0.2) is 0 Å². The third kappa shape index (κ3) is 1.84. The molecular weight excluding hydrogens is 208 g/mol. The van der Waals surface area contributed by atoms with Crippen LogP contribution in [0.15, 0.2) is 0 Å². The van der Waals surface area contributed by atoms with E-state index in [2.05, 4.69) is 18.7 Å². The van der Waals surface area contributed by atoms with Crippen LogP contribution in [-0.2, 0) is 0 Å². The lowest BCUT2D eigenvalue weighted by Gasteiger charge is -2.51. The number of hydrogen-bond acceptors (Lipinski definition) is 2. The van der Waals surface area contributed by atoms with Crippen LogP contribution in [0.5, 0.6) is 0 Å². The SMILES string of the molecule is CC1CCC(CN)(N2CC3CCC2C3)CC1C. The number of piperidine rings is 1. The van der Waals surface area contributed by atoms with Gasteiger partial charge in [0.15, 0.2) is 0 Å². The maximum Gasteiger partial charge on any atom is 0.0337 e. The maximum absolute atomic E-state index is 6.22. The number of rotatable bonds is 2. The lowest BCUT2D eigenvalue weighted by molar-refractivity contribution is 0.000245. The predicted octanol–water partition coefficient (Wildman–Crippen LogP) is 2.62. The molecule has 0 radical (unpaired) electrons. The highest BCUT2D eigenvalue weighted by molar-refractivity contribution is 5.05. The highest BCUT2D eigenvalue weighted by Crippen LogP contribution is 2.47. The minimum absolute atomic E-state index is 0.367. The van der Waals surface area contributed by atoms with Gasteiger partial charge in [-0.1, -0.05) is 13.8 Å². The first-order valence-corrected chi connectivity index (χ1v) is 7.61. The number of nitrogens with zero attached hydrogens (tertiary/aromatic N) is 1. The molecule has 0 aromatic rings. The predicted molar refractivity (Wildman–Crippen MR) is 71.8 cm³/mol. The molecule has 3 aliphatic rings. The minimum atomic E-state index is 0.367. The van der Waals surface area contributed by atoms with Crippen molar-refractivity contribution in [3.05, 3.63) is 0 Å². The zero-order chi connectivity index (χ0) is 12.0. The Balaban J connectivity index is 1.78. The molecule has 2 nitrogen and oxygen atoms in total. The van der Waals surface area contributed by atoms with Crippen LogP contribution in [0.4, 0.5) is 0 Å². The van der Waals surface area contributed by atoms with Gasteiger partial charge in [0.05, 0.1) is 0 Å². The van der Waals surface area contributed by atoms with E-state index >= 15 is 0 Å². The fraction of sp³-hybridized carbons (Fsp3) is 1.00. The Kier molecular flexibility index (Phi) is 2.99. The molecule has 0 amide bonds. The zero-order valence-corrected chi connectivity index (χ0v) is 11.5. The maximum atomic E-state index is 6.22. The summed E-state index contributed by atoms with van der Waals surface area (Å²) in [7, 11) is 0. The molecule has 1 heterocycles. The molecule has 98 valence electrons. The van der Waals surface area contributed by atoms with Crippen LogP contribution >= 0.6 is 0 Å². The summed E-state index contributed by atoms with van der Waals surface area (Å²) in [6.45, 7) is 7.08. The van der Waals surface area contributed by atoms with E-state index in [1.165, 1.54) is 45.1 Å². The van der Waals surface area contributed by atoms with Crippen molar-refractivity contribution in [2.45, 2.75) is 64.0 Å². The van der Waals surface area contributed by atoms with Gasteiger partial charge >= 0.3 is 0 Å². The molecule has 0 aromatic carbocycles. The lowest BCUT2D eigenvalue weighted by atomic mass is 9.70. The van der Waals surface area contributed by atoms with Gasteiger partial charge in [-0.05, 0) is 56.3 Å². The molecule has 17 heavy (non-hydrogen) atoms. The molecule has 0 aromatic heterocycles. The molecule has 5 unspecified atom stereocenters. The van der Waals surface area contributed by atoms with Gasteiger partial charge in [-0.2, -0.15) is 0 Å². The normalized spacial score (nSPS) is 51.0. The Morgan fingerprint density at radius 3 is 2.53 bits per heavy atom. The van der Waals surface area contributed by atoms with Gasteiger partial charge in [0.1, 0.15) is 0 Å². The Hall–Kier alpha value is -0.0800. The molecule has 3 rings (SSSR count). The zero-order valence-electron chi connectivity index (χ0n) is 11.5. The van der Waals surface area contributed by atoms with Crippen molar-refractivity contribution in [3.63, 3.8) is 0 Å². The van der Waals surface area contributed by atoms with E-state index in [0.29, 0.717) is 5.54 Å². The van der Waals surface area contributed by atoms with E-state index in [4.69, 9.17) is 5.73 Å². The van der Waals surface area contributed by atoms with Crippen molar-refractivity contribution in [1.29, 1.82) is 0 Å². The molecular formula is C15H28N2. The number of likely N-dealkylation sites (tertiary alicyclic amines) is 1. The van der Waals surface area contributed by atoms with Crippen molar-refractivity contribution in [3.8, 4) is 0 Å². The van der Waals surface area contributed by atoms with Crippen molar-refractivity contribution in [1.82, 2.24) is 4.90 Å². The first-order valence-electron chi connectivity index (χ1n) is 7.61. The Morgan fingerprint density at radius 2 is 2.00 bits per heavy atom. The molecule has 5 atom stereocenters. The van der Waals surface area contributed by atoms with Crippen LogP contribution < -0.4 is 5.73 Å². The standard InChI is InChI=1S/C15H28N2/c1-11-5-6-15(10-16,8-12(11)2)17-9-13-3-4-14(17)7-13/h11-14H,3-10,16H2,1-2H3. The molecule has 1 saturated heterocycles.